The Bertz CT molecular complexity index is 2540. The van der Waals surface area contributed by atoms with E-state index >= 15 is 0 Å². The van der Waals surface area contributed by atoms with Gasteiger partial charge in [0.1, 0.15) is 11.2 Å². The lowest BCUT2D eigenvalue weighted by molar-refractivity contribution is 0.669. The summed E-state index contributed by atoms with van der Waals surface area (Å²) in [6, 6.07) is 47.5. The lowest BCUT2D eigenvalue weighted by Gasteiger charge is -2.15. The molecule has 204 valence electrons. The van der Waals surface area contributed by atoms with E-state index in [1.807, 2.05) is 24.3 Å². The molecule has 0 aliphatic heterocycles. The van der Waals surface area contributed by atoms with Crippen LogP contribution in [0.3, 0.4) is 0 Å². The van der Waals surface area contributed by atoms with Crippen LogP contribution in [0.1, 0.15) is 5.56 Å². The summed E-state index contributed by atoms with van der Waals surface area (Å²) >= 11 is 1.78. The van der Waals surface area contributed by atoms with Gasteiger partial charge in [-0.25, -0.2) is 0 Å². The molecule has 2 heterocycles. The summed E-state index contributed by atoms with van der Waals surface area (Å²) in [5.41, 5.74) is 14.2. The molecule has 0 saturated carbocycles. The van der Waals surface area contributed by atoms with Crippen LogP contribution in [0.2, 0.25) is 0 Å². The topological polar surface area (TPSA) is 44.1 Å². The predicted octanol–water partition coefficient (Wildman–Crippen LogP) is 10.9. The summed E-state index contributed by atoms with van der Waals surface area (Å²) < 4.78 is 8.49. The zero-order valence-corrected chi connectivity index (χ0v) is 24.1. The van der Waals surface area contributed by atoms with Crippen LogP contribution in [-0.4, -0.2) is 4.57 Å². The van der Waals surface area contributed by atoms with Gasteiger partial charge in [0.05, 0.1) is 27.8 Å². The largest absolute Gasteiger partial charge is 0.456 e. The SMILES string of the molecule is Nc1c(SCc2ccc(-n3c4ccccc4c4c5ccccc5ccc43)c3ccccc23)ccc2oc3ccccc3c12. The molecule has 0 bridgehead atoms. The van der Waals surface area contributed by atoms with Gasteiger partial charge in [0.15, 0.2) is 0 Å². The summed E-state index contributed by atoms with van der Waals surface area (Å²) in [5, 5.41) is 9.67. The third kappa shape index (κ3) is 3.63. The Hall–Kier alpha value is -5.19. The first kappa shape index (κ1) is 24.4. The quantitative estimate of drug-likeness (QED) is 0.169. The molecule has 2 N–H and O–H groups in total. The Morgan fingerprint density at radius 3 is 2.14 bits per heavy atom. The van der Waals surface area contributed by atoms with E-state index in [1.165, 1.54) is 54.6 Å². The Morgan fingerprint density at radius 1 is 0.535 bits per heavy atom. The van der Waals surface area contributed by atoms with Crippen LogP contribution < -0.4 is 5.73 Å². The van der Waals surface area contributed by atoms with Crippen molar-refractivity contribution in [1.82, 2.24) is 4.57 Å². The van der Waals surface area contributed by atoms with Crippen LogP contribution >= 0.6 is 11.8 Å². The molecule has 7 aromatic carbocycles. The van der Waals surface area contributed by atoms with Crippen molar-refractivity contribution in [3.63, 3.8) is 0 Å². The van der Waals surface area contributed by atoms with Crippen LogP contribution in [0.5, 0.6) is 0 Å². The minimum atomic E-state index is 0.783. The Balaban J connectivity index is 1.19. The van der Waals surface area contributed by atoms with Crippen molar-refractivity contribution in [3.05, 3.63) is 139 Å². The number of thioether (sulfide) groups is 1. The van der Waals surface area contributed by atoms with Crippen molar-refractivity contribution in [2.45, 2.75) is 10.6 Å². The molecule has 9 rings (SSSR count). The normalized spacial score (nSPS) is 12.0. The maximum Gasteiger partial charge on any atom is 0.137 e. The Kier molecular flexibility index (Phi) is 5.34. The van der Waals surface area contributed by atoms with Gasteiger partial charge in [0.2, 0.25) is 0 Å². The van der Waals surface area contributed by atoms with Crippen LogP contribution in [0.25, 0.3) is 71.0 Å². The highest BCUT2D eigenvalue weighted by Crippen LogP contribution is 2.42. The highest BCUT2D eigenvalue weighted by molar-refractivity contribution is 7.98. The molecule has 3 nitrogen and oxygen atoms in total. The molecule has 0 atom stereocenters. The number of nitrogens with zero attached hydrogens (tertiary/aromatic N) is 1. The molecular formula is C39H26N2OS. The maximum absolute atomic E-state index is 6.76. The molecule has 0 aliphatic carbocycles. The smallest absolute Gasteiger partial charge is 0.137 e. The molecule has 0 saturated heterocycles. The fourth-order valence-corrected chi connectivity index (χ4v) is 7.76. The molecule has 0 unspecified atom stereocenters. The minimum Gasteiger partial charge on any atom is -0.456 e. The second kappa shape index (κ2) is 9.41. The van der Waals surface area contributed by atoms with Gasteiger partial charge < -0.3 is 14.7 Å². The number of nitrogens with two attached hydrogens (primary N) is 1. The molecule has 0 radical (unpaired) electrons. The highest BCUT2D eigenvalue weighted by atomic mass is 32.2. The first-order valence-electron chi connectivity index (χ1n) is 14.5. The fraction of sp³-hybridized carbons (Fsp3) is 0.0256. The molecule has 4 heteroatoms. The van der Waals surface area contributed by atoms with E-state index in [0.717, 1.165) is 38.3 Å². The average molecular weight is 571 g/mol. The number of benzene rings is 7. The van der Waals surface area contributed by atoms with Gasteiger partial charge in [0, 0.05) is 32.2 Å². The van der Waals surface area contributed by atoms with Gasteiger partial charge >= 0.3 is 0 Å². The van der Waals surface area contributed by atoms with Crippen LogP contribution in [0.15, 0.2) is 143 Å². The first-order chi connectivity index (χ1) is 21.3. The predicted molar refractivity (Wildman–Crippen MR) is 183 cm³/mol. The van der Waals surface area contributed by atoms with Gasteiger partial charge in [0.25, 0.3) is 0 Å². The van der Waals surface area contributed by atoms with Crippen LogP contribution in [-0.2, 0) is 5.75 Å². The zero-order valence-electron chi connectivity index (χ0n) is 23.2. The van der Waals surface area contributed by atoms with Gasteiger partial charge in [-0.15, -0.1) is 11.8 Å². The van der Waals surface area contributed by atoms with Gasteiger partial charge in [-0.1, -0.05) is 97.1 Å². The third-order valence-corrected chi connectivity index (χ3v) is 9.84. The molecule has 0 aliphatic rings. The summed E-state index contributed by atoms with van der Waals surface area (Å²) in [5.74, 6) is 0.810. The first-order valence-corrected chi connectivity index (χ1v) is 15.5. The third-order valence-electron chi connectivity index (χ3n) is 8.72. The monoisotopic (exact) mass is 570 g/mol. The van der Waals surface area contributed by atoms with E-state index in [4.69, 9.17) is 10.2 Å². The Morgan fingerprint density at radius 2 is 1.26 bits per heavy atom. The van der Waals surface area contributed by atoms with Crippen molar-refractivity contribution >= 4 is 82.7 Å². The molecule has 9 aromatic rings. The van der Waals surface area contributed by atoms with Crippen molar-refractivity contribution in [1.29, 1.82) is 0 Å². The van der Waals surface area contributed by atoms with Crippen LogP contribution in [0, 0.1) is 0 Å². The minimum absolute atomic E-state index is 0.783. The number of anilines is 1. The number of fused-ring (bicyclic) bond motifs is 9. The molecule has 2 aromatic heterocycles. The summed E-state index contributed by atoms with van der Waals surface area (Å²) in [6.07, 6.45) is 0. The van der Waals surface area contributed by atoms with Crippen molar-refractivity contribution < 1.29 is 4.42 Å². The second-order valence-electron chi connectivity index (χ2n) is 11.1. The van der Waals surface area contributed by atoms with Gasteiger partial charge in [-0.05, 0) is 58.1 Å². The summed E-state index contributed by atoms with van der Waals surface area (Å²) in [6.45, 7) is 0. The average Bonchev–Trinajstić information content (AvgIpc) is 3.61. The highest BCUT2D eigenvalue weighted by Gasteiger charge is 2.18. The number of nitrogen functional groups attached to an aromatic ring is 1. The molecular weight excluding hydrogens is 545 g/mol. The molecule has 0 fully saturated rings. The fourth-order valence-electron chi connectivity index (χ4n) is 6.77. The van der Waals surface area contributed by atoms with E-state index in [1.54, 1.807) is 11.8 Å². The summed E-state index contributed by atoms with van der Waals surface area (Å²) in [7, 11) is 0. The Labute approximate surface area is 252 Å². The number of rotatable bonds is 4. The number of para-hydroxylation sites is 2. The number of hydrogen-bond acceptors (Lipinski definition) is 3. The standard InChI is InChI=1S/C39H26N2OS/c40-39-36(22-21-35-38(39)30-14-6-8-16-34(30)42-35)43-23-25-18-19-32(28-12-4-3-10-26(25)28)41-31-15-7-5-13-29(31)37-27-11-2-1-9-24(27)17-20-33(37)41/h1-22H,23,40H2. The lowest BCUT2D eigenvalue weighted by Crippen LogP contribution is -1.97. The van der Waals surface area contributed by atoms with Crippen LogP contribution in [0.4, 0.5) is 5.69 Å². The van der Waals surface area contributed by atoms with E-state index in [2.05, 4.69) is 114 Å². The van der Waals surface area contributed by atoms with E-state index in [0.29, 0.717) is 0 Å². The maximum atomic E-state index is 6.76. The molecule has 0 amide bonds. The number of hydrogen-bond donors (Lipinski definition) is 1. The van der Waals surface area contributed by atoms with E-state index in [-0.39, 0.29) is 0 Å². The van der Waals surface area contributed by atoms with Crippen molar-refractivity contribution in [2.75, 3.05) is 5.73 Å². The number of aromatic nitrogens is 1. The van der Waals surface area contributed by atoms with E-state index < -0.39 is 0 Å². The molecule has 43 heavy (non-hydrogen) atoms. The van der Waals surface area contributed by atoms with Gasteiger partial charge in [-0.2, -0.15) is 0 Å². The second-order valence-corrected chi connectivity index (χ2v) is 12.1. The van der Waals surface area contributed by atoms with Gasteiger partial charge in [-0.3, -0.25) is 0 Å². The van der Waals surface area contributed by atoms with E-state index in [9.17, 15) is 0 Å². The molecule has 0 spiro atoms. The summed E-state index contributed by atoms with van der Waals surface area (Å²) in [4.78, 5) is 1.07. The lowest BCUT2D eigenvalue weighted by atomic mass is 10.0. The van der Waals surface area contributed by atoms with Crippen molar-refractivity contribution in [3.8, 4) is 5.69 Å². The zero-order chi connectivity index (χ0) is 28.5. The number of furan rings is 1. The van der Waals surface area contributed by atoms with Crippen molar-refractivity contribution in [2.24, 2.45) is 0 Å².